The Kier molecular flexibility index (Phi) is 3.01. The molecule has 0 radical (unpaired) electrons. The molecule has 0 atom stereocenters. The molecule has 19 heavy (non-hydrogen) atoms. The third kappa shape index (κ3) is 2.56. The van der Waals surface area contributed by atoms with Crippen molar-refractivity contribution in [1.82, 2.24) is 15.2 Å². The average molecular weight is 270 g/mol. The number of rotatable bonds is 1. The largest absolute Gasteiger partial charge is 0.507 e. The highest BCUT2D eigenvalue weighted by Gasteiger charge is 2.32. The Hall–Kier alpha value is -2.38. The Balaban J connectivity index is 2.57. The molecule has 0 spiro atoms. The van der Waals surface area contributed by atoms with Gasteiger partial charge in [-0.15, -0.1) is 10.2 Å². The van der Waals surface area contributed by atoms with Gasteiger partial charge < -0.3 is 10.8 Å². The molecule has 1 heterocycles. The number of hydrogen-bond acceptors (Lipinski definition) is 5. The van der Waals surface area contributed by atoms with Gasteiger partial charge in [0.2, 0.25) is 5.95 Å². The number of aromatic hydroxyl groups is 1. The fraction of sp³-hybridized carbons (Fsp3) is 0.182. The first-order valence-corrected chi connectivity index (χ1v) is 5.15. The summed E-state index contributed by atoms with van der Waals surface area (Å²) in [7, 11) is 0. The van der Waals surface area contributed by atoms with Crippen LogP contribution in [0.2, 0.25) is 0 Å². The maximum atomic E-state index is 12.6. The Morgan fingerprint density at radius 2 is 1.89 bits per heavy atom. The molecule has 0 bridgehead atoms. The summed E-state index contributed by atoms with van der Waals surface area (Å²) in [5.41, 5.74) is 4.85. The van der Waals surface area contributed by atoms with Crippen LogP contribution in [-0.2, 0) is 6.18 Å². The van der Waals surface area contributed by atoms with Gasteiger partial charge in [-0.25, -0.2) is 4.98 Å². The van der Waals surface area contributed by atoms with Crippen molar-refractivity contribution < 1.29 is 18.3 Å². The van der Waals surface area contributed by atoms with Gasteiger partial charge in [-0.1, -0.05) is 0 Å². The first kappa shape index (κ1) is 13.1. The topological polar surface area (TPSA) is 84.9 Å². The Morgan fingerprint density at radius 3 is 2.37 bits per heavy atom. The van der Waals surface area contributed by atoms with Crippen molar-refractivity contribution in [3.05, 3.63) is 29.5 Å². The number of alkyl halides is 3. The molecule has 2 rings (SSSR count). The van der Waals surface area contributed by atoms with Crippen molar-refractivity contribution in [2.75, 3.05) is 5.73 Å². The van der Waals surface area contributed by atoms with Crippen molar-refractivity contribution in [3.63, 3.8) is 0 Å². The number of nitrogen functional groups attached to an aromatic ring is 1. The number of nitrogens with two attached hydrogens (primary N) is 1. The lowest BCUT2D eigenvalue weighted by molar-refractivity contribution is -0.137. The molecule has 0 amide bonds. The molecule has 0 aliphatic carbocycles. The van der Waals surface area contributed by atoms with E-state index in [0.717, 1.165) is 6.07 Å². The number of phenolic OH excluding ortho intramolecular Hbond substituents is 1. The van der Waals surface area contributed by atoms with Gasteiger partial charge in [0.1, 0.15) is 11.4 Å². The van der Waals surface area contributed by atoms with E-state index < -0.39 is 17.5 Å². The summed E-state index contributed by atoms with van der Waals surface area (Å²) in [5, 5.41) is 16.9. The first-order chi connectivity index (χ1) is 8.79. The van der Waals surface area contributed by atoms with E-state index in [9.17, 15) is 18.3 Å². The van der Waals surface area contributed by atoms with Crippen molar-refractivity contribution in [2.45, 2.75) is 13.1 Å². The van der Waals surface area contributed by atoms with Crippen LogP contribution in [0.5, 0.6) is 5.75 Å². The number of anilines is 1. The van der Waals surface area contributed by atoms with Crippen LogP contribution in [0.15, 0.2) is 18.3 Å². The van der Waals surface area contributed by atoms with E-state index in [2.05, 4.69) is 15.2 Å². The zero-order valence-electron chi connectivity index (χ0n) is 9.73. The quantitative estimate of drug-likeness (QED) is 0.829. The third-order valence-corrected chi connectivity index (χ3v) is 2.48. The molecule has 100 valence electrons. The smallest absolute Gasteiger partial charge is 0.416 e. The number of phenols is 1. The molecular weight excluding hydrogens is 261 g/mol. The summed E-state index contributed by atoms with van der Waals surface area (Å²) in [5.74, 6) is -0.596. The van der Waals surface area contributed by atoms with Gasteiger partial charge in [-0.05, 0) is 24.6 Å². The van der Waals surface area contributed by atoms with E-state index in [1.165, 1.54) is 13.1 Å². The summed E-state index contributed by atoms with van der Waals surface area (Å²) < 4.78 is 37.7. The second-order valence-corrected chi connectivity index (χ2v) is 3.89. The Labute approximate surface area is 105 Å². The molecule has 0 saturated carbocycles. The van der Waals surface area contributed by atoms with Gasteiger partial charge in [-0.2, -0.15) is 13.2 Å². The number of aromatic nitrogens is 3. The van der Waals surface area contributed by atoms with Crippen LogP contribution in [-0.4, -0.2) is 20.3 Å². The summed E-state index contributed by atoms with van der Waals surface area (Å²) in [6, 6.07) is 1.56. The molecule has 3 N–H and O–H groups in total. The fourth-order valence-electron chi connectivity index (χ4n) is 1.66. The van der Waals surface area contributed by atoms with E-state index in [4.69, 9.17) is 5.73 Å². The molecule has 5 nitrogen and oxygen atoms in total. The molecule has 0 saturated heterocycles. The monoisotopic (exact) mass is 270 g/mol. The van der Waals surface area contributed by atoms with Gasteiger partial charge in [0.25, 0.3) is 0 Å². The summed E-state index contributed by atoms with van der Waals surface area (Å²) in [6.07, 6.45) is -3.29. The fourth-order valence-corrected chi connectivity index (χ4v) is 1.66. The average Bonchev–Trinajstić information content (AvgIpc) is 2.29. The summed E-state index contributed by atoms with van der Waals surface area (Å²) in [6.45, 7) is 1.43. The second-order valence-electron chi connectivity index (χ2n) is 3.89. The van der Waals surface area contributed by atoms with Crippen LogP contribution < -0.4 is 5.73 Å². The predicted octanol–water partition coefficient (Wildman–Crippen LogP) is 2.15. The van der Waals surface area contributed by atoms with Crippen molar-refractivity contribution >= 4 is 5.95 Å². The van der Waals surface area contributed by atoms with Gasteiger partial charge in [-0.3, -0.25) is 0 Å². The molecule has 1 aromatic heterocycles. The molecule has 8 heteroatoms. The van der Waals surface area contributed by atoms with Gasteiger partial charge >= 0.3 is 6.18 Å². The van der Waals surface area contributed by atoms with Crippen LogP contribution in [0.25, 0.3) is 11.3 Å². The number of aryl methyl sites for hydroxylation is 1. The number of halogens is 3. The van der Waals surface area contributed by atoms with Crippen LogP contribution in [0.4, 0.5) is 19.1 Å². The lowest BCUT2D eigenvalue weighted by Gasteiger charge is -2.12. The maximum absolute atomic E-state index is 12.6. The molecule has 2 aromatic rings. The number of hydrogen-bond donors (Lipinski definition) is 2. The lowest BCUT2D eigenvalue weighted by atomic mass is 10.0. The highest BCUT2D eigenvalue weighted by atomic mass is 19.4. The van der Waals surface area contributed by atoms with Crippen LogP contribution in [0, 0.1) is 6.92 Å². The molecule has 0 aliphatic heterocycles. The van der Waals surface area contributed by atoms with Crippen LogP contribution in [0.1, 0.15) is 11.1 Å². The van der Waals surface area contributed by atoms with E-state index in [-0.39, 0.29) is 22.8 Å². The number of benzene rings is 1. The minimum absolute atomic E-state index is 0.0622. The van der Waals surface area contributed by atoms with Gasteiger partial charge in [0.15, 0.2) is 0 Å². The van der Waals surface area contributed by atoms with Crippen molar-refractivity contribution in [2.24, 2.45) is 0 Å². The Morgan fingerprint density at radius 1 is 1.21 bits per heavy atom. The molecule has 0 aliphatic rings. The van der Waals surface area contributed by atoms with E-state index in [0.29, 0.717) is 6.07 Å². The van der Waals surface area contributed by atoms with E-state index in [1.807, 2.05) is 0 Å². The molecule has 0 unspecified atom stereocenters. The zero-order chi connectivity index (χ0) is 14.2. The van der Waals surface area contributed by atoms with Crippen LogP contribution in [0.3, 0.4) is 0 Å². The Bertz CT molecular complexity index is 587. The number of nitrogens with zero attached hydrogens (tertiary/aromatic N) is 3. The standard InChI is InChI=1S/C11H9F3N4O/c1-5-2-6(11(12,13)14)3-8(19)9(5)7-4-16-10(15)18-17-7/h2-4,19H,1H3,(H2,15,16,18). The normalized spacial score (nSPS) is 11.6. The van der Waals surface area contributed by atoms with Crippen molar-refractivity contribution in [3.8, 4) is 17.0 Å². The van der Waals surface area contributed by atoms with Gasteiger partial charge in [0, 0.05) is 5.56 Å². The van der Waals surface area contributed by atoms with Crippen molar-refractivity contribution in [1.29, 1.82) is 0 Å². The molecule has 0 fully saturated rings. The second kappa shape index (κ2) is 4.38. The summed E-state index contributed by atoms with van der Waals surface area (Å²) >= 11 is 0. The highest BCUT2D eigenvalue weighted by molar-refractivity contribution is 5.70. The molecular formula is C11H9F3N4O. The molecule has 1 aromatic carbocycles. The minimum Gasteiger partial charge on any atom is -0.507 e. The minimum atomic E-state index is -4.52. The summed E-state index contributed by atoms with van der Waals surface area (Å²) in [4.78, 5) is 3.68. The lowest BCUT2D eigenvalue weighted by Crippen LogP contribution is -2.06. The first-order valence-electron chi connectivity index (χ1n) is 5.15. The van der Waals surface area contributed by atoms with E-state index in [1.54, 1.807) is 0 Å². The van der Waals surface area contributed by atoms with Gasteiger partial charge in [0.05, 0.1) is 11.8 Å². The van der Waals surface area contributed by atoms with E-state index >= 15 is 0 Å². The van der Waals surface area contributed by atoms with Crippen LogP contribution >= 0.6 is 0 Å². The maximum Gasteiger partial charge on any atom is 0.416 e. The zero-order valence-corrected chi connectivity index (χ0v) is 9.73. The SMILES string of the molecule is Cc1cc(C(F)(F)F)cc(O)c1-c1cnc(N)nn1. The third-order valence-electron chi connectivity index (χ3n) is 2.48. The predicted molar refractivity (Wildman–Crippen MR) is 61.1 cm³/mol. The highest BCUT2D eigenvalue weighted by Crippen LogP contribution is 2.38.